The minimum atomic E-state index is -0.439. The van der Waals surface area contributed by atoms with Crippen LogP contribution < -0.4 is 10.1 Å². The second-order valence-corrected chi connectivity index (χ2v) is 5.38. The molecular weight excluding hydrogens is 340 g/mol. The molecule has 0 radical (unpaired) electrons. The highest BCUT2D eigenvalue weighted by molar-refractivity contribution is 9.10. The van der Waals surface area contributed by atoms with E-state index in [0.29, 0.717) is 16.6 Å². The summed E-state index contributed by atoms with van der Waals surface area (Å²) in [4.78, 5) is 0. The molecule has 5 heteroatoms. The molecule has 1 unspecified atom stereocenters. The van der Waals surface area contributed by atoms with Crippen molar-refractivity contribution in [2.24, 2.45) is 0 Å². The van der Waals surface area contributed by atoms with Crippen molar-refractivity contribution in [2.75, 3.05) is 13.7 Å². The van der Waals surface area contributed by atoms with Gasteiger partial charge >= 0.3 is 0 Å². The Morgan fingerprint density at radius 2 is 2.00 bits per heavy atom. The van der Waals surface area contributed by atoms with Crippen molar-refractivity contribution in [3.63, 3.8) is 0 Å². The molecule has 0 fully saturated rings. The van der Waals surface area contributed by atoms with Crippen molar-refractivity contribution in [1.29, 1.82) is 0 Å². The molecule has 0 amide bonds. The van der Waals surface area contributed by atoms with Gasteiger partial charge in [0.1, 0.15) is 5.82 Å². The largest absolute Gasteiger partial charge is 0.494 e. The molecule has 0 spiro atoms. The smallest absolute Gasteiger partial charge is 0.165 e. The van der Waals surface area contributed by atoms with Crippen molar-refractivity contribution in [1.82, 2.24) is 5.32 Å². The summed E-state index contributed by atoms with van der Waals surface area (Å²) in [6, 6.07) is 9.30. The van der Waals surface area contributed by atoms with Gasteiger partial charge in [0.15, 0.2) is 11.6 Å². The molecule has 2 nitrogen and oxygen atoms in total. The van der Waals surface area contributed by atoms with Gasteiger partial charge in [-0.2, -0.15) is 0 Å². The first-order chi connectivity index (χ1) is 10.1. The first-order valence-corrected chi connectivity index (χ1v) is 7.38. The third kappa shape index (κ3) is 3.41. The summed E-state index contributed by atoms with van der Waals surface area (Å²) in [6.07, 6.45) is 0. The molecule has 2 aromatic carbocycles. The van der Waals surface area contributed by atoms with Crippen LogP contribution in [0.15, 0.2) is 40.9 Å². The maximum atomic E-state index is 14.3. The summed E-state index contributed by atoms with van der Waals surface area (Å²) in [5, 5.41) is 3.22. The second-order valence-electron chi connectivity index (χ2n) is 4.53. The average Bonchev–Trinajstić information content (AvgIpc) is 2.49. The normalized spacial score (nSPS) is 12.2. The van der Waals surface area contributed by atoms with E-state index in [1.807, 2.05) is 6.92 Å². The zero-order valence-corrected chi connectivity index (χ0v) is 13.4. The number of halogens is 3. The number of hydrogen-bond donors (Lipinski definition) is 1. The zero-order valence-electron chi connectivity index (χ0n) is 11.8. The van der Waals surface area contributed by atoms with Gasteiger partial charge in [-0.3, -0.25) is 0 Å². The van der Waals surface area contributed by atoms with Gasteiger partial charge in [-0.1, -0.05) is 25.1 Å². The van der Waals surface area contributed by atoms with Crippen LogP contribution in [0.25, 0.3) is 0 Å². The van der Waals surface area contributed by atoms with Gasteiger partial charge < -0.3 is 10.1 Å². The van der Waals surface area contributed by atoms with Crippen molar-refractivity contribution in [2.45, 2.75) is 13.0 Å². The summed E-state index contributed by atoms with van der Waals surface area (Å²) < 4.78 is 33.3. The molecule has 0 aliphatic heterocycles. The van der Waals surface area contributed by atoms with E-state index in [4.69, 9.17) is 4.74 Å². The fourth-order valence-corrected chi connectivity index (χ4v) is 2.59. The third-order valence-corrected chi connectivity index (χ3v) is 3.82. The topological polar surface area (TPSA) is 21.3 Å². The maximum Gasteiger partial charge on any atom is 0.165 e. The van der Waals surface area contributed by atoms with Gasteiger partial charge in [0.05, 0.1) is 17.6 Å². The molecular formula is C16H16BrF2NO. The number of ether oxygens (including phenoxy) is 1. The summed E-state index contributed by atoms with van der Waals surface area (Å²) >= 11 is 3.19. The molecule has 1 atom stereocenters. The highest BCUT2D eigenvalue weighted by atomic mass is 79.9. The predicted molar refractivity (Wildman–Crippen MR) is 82.6 cm³/mol. The van der Waals surface area contributed by atoms with Crippen molar-refractivity contribution >= 4 is 15.9 Å². The van der Waals surface area contributed by atoms with Crippen LogP contribution >= 0.6 is 15.9 Å². The Morgan fingerprint density at radius 3 is 2.67 bits per heavy atom. The summed E-state index contributed by atoms with van der Waals surface area (Å²) in [7, 11) is 1.41. The van der Waals surface area contributed by atoms with Crippen molar-refractivity contribution in [3.05, 3.63) is 63.6 Å². The Balaban J connectivity index is 2.50. The van der Waals surface area contributed by atoms with Crippen LogP contribution in [0.5, 0.6) is 5.75 Å². The number of methoxy groups -OCH3 is 1. The van der Waals surface area contributed by atoms with Crippen LogP contribution in [0.1, 0.15) is 24.1 Å². The second kappa shape index (κ2) is 7.00. The molecule has 0 saturated carbocycles. The maximum absolute atomic E-state index is 14.3. The molecule has 112 valence electrons. The predicted octanol–water partition coefficient (Wildman–Crippen LogP) is 4.43. The lowest BCUT2D eigenvalue weighted by atomic mass is 9.98. The molecule has 0 aliphatic rings. The van der Waals surface area contributed by atoms with Crippen molar-refractivity contribution < 1.29 is 13.5 Å². The fourth-order valence-electron chi connectivity index (χ4n) is 2.21. The monoisotopic (exact) mass is 355 g/mol. The van der Waals surface area contributed by atoms with E-state index in [0.717, 1.165) is 5.56 Å². The minimum absolute atomic E-state index is 0.144. The molecule has 0 bridgehead atoms. The van der Waals surface area contributed by atoms with Crippen LogP contribution in [0, 0.1) is 11.6 Å². The van der Waals surface area contributed by atoms with E-state index in [1.54, 1.807) is 30.3 Å². The van der Waals surface area contributed by atoms with Gasteiger partial charge in [0, 0.05) is 5.56 Å². The quantitative estimate of drug-likeness (QED) is 0.856. The number of rotatable bonds is 5. The third-order valence-electron chi connectivity index (χ3n) is 3.21. The molecule has 2 aromatic rings. The van der Waals surface area contributed by atoms with E-state index in [2.05, 4.69) is 21.2 Å². The SMILES string of the molecule is CCNC(c1ccc(F)c(OC)c1)c1cccc(Br)c1F. The molecule has 0 saturated heterocycles. The molecule has 0 aromatic heterocycles. The first kappa shape index (κ1) is 15.9. The lowest BCUT2D eigenvalue weighted by molar-refractivity contribution is 0.385. The van der Waals surface area contributed by atoms with E-state index in [-0.39, 0.29) is 17.6 Å². The number of hydrogen-bond acceptors (Lipinski definition) is 2. The zero-order chi connectivity index (χ0) is 15.4. The van der Waals surface area contributed by atoms with E-state index in [1.165, 1.54) is 13.2 Å². The molecule has 21 heavy (non-hydrogen) atoms. The number of benzene rings is 2. The Bertz CT molecular complexity index is 634. The molecule has 1 N–H and O–H groups in total. The lowest BCUT2D eigenvalue weighted by Crippen LogP contribution is -2.23. The Hall–Kier alpha value is -1.46. The van der Waals surface area contributed by atoms with E-state index >= 15 is 0 Å². The van der Waals surface area contributed by atoms with Crippen molar-refractivity contribution in [3.8, 4) is 5.75 Å². The van der Waals surface area contributed by atoms with Gasteiger partial charge in [-0.05, 0) is 46.2 Å². The highest BCUT2D eigenvalue weighted by Crippen LogP contribution is 2.30. The van der Waals surface area contributed by atoms with Crippen LogP contribution in [0.4, 0.5) is 8.78 Å². The Kier molecular flexibility index (Phi) is 5.31. The van der Waals surface area contributed by atoms with E-state index < -0.39 is 5.82 Å². The standard InChI is InChI=1S/C16H16BrF2NO/c1-3-20-16(11-5-4-6-12(17)15(11)19)10-7-8-13(18)14(9-10)21-2/h4-9,16,20H,3H2,1-2H3. The average molecular weight is 356 g/mol. The van der Waals surface area contributed by atoms with E-state index in [9.17, 15) is 8.78 Å². The van der Waals surface area contributed by atoms with Gasteiger partial charge in [0.2, 0.25) is 0 Å². The molecule has 2 rings (SSSR count). The molecule has 0 aliphatic carbocycles. The first-order valence-electron chi connectivity index (χ1n) is 6.59. The minimum Gasteiger partial charge on any atom is -0.494 e. The summed E-state index contributed by atoms with van der Waals surface area (Å²) in [5.74, 6) is -0.622. The van der Waals surface area contributed by atoms with Gasteiger partial charge in [-0.15, -0.1) is 0 Å². The summed E-state index contributed by atoms with van der Waals surface area (Å²) in [6.45, 7) is 2.58. The Morgan fingerprint density at radius 1 is 1.24 bits per heavy atom. The number of nitrogens with one attached hydrogen (secondary N) is 1. The van der Waals surface area contributed by atoms with Crippen LogP contribution in [-0.2, 0) is 0 Å². The van der Waals surface area contributed by atoms with Crippen LogP contribution in [0.2, 0.25) is 0 Å². The summed E-state index contributed by atoms with van der Waals surface area (Å²) in [5.41, 5.74) is 1.24. The molecule has 0 heterocycles. The van der Waals surface area contributed by atoms with Gasteiger partial charge in [-0.25, -0.2) is 8.78 Å². The van der Waals surface area contributed by atoms with Crippen LogP contribution in [-0.4, -0.2) is 13.7 Å². The highest BCUT2D eigenvalue weighted by Gasteiger charge is 2.19. The van der Waals surface area contributed by atoms with Gasteiger partial charge in [0.25, 0.3) is 0 Å². The fraction of sp³-hybridized carbons (Fsp3) is 0.250. The lowest BCUT2D eigenvalue weighted by Gasteiger charge is -2.20. The Labute approximate surface area is 131 Å². The van der Waals surface area contributed by atoms with Crippen LogP contribution in [0.3, 0.4) is 0 Å².